The van der Waals surface area contributed by atoms with Crippen molar-refractivity contribution in [3.05, 3.63) is 12.2 Å². The maximum Gasteiger partial charge on any atom is 0.350 e. The van der Waals surface area contributed by atoms with Crippen molar-refractivity contribution in [1.29, 1.82) is 0 Å². The van der Waals surface area contributed by atoms with Crippen LogP contribution in [0.2, 0.25) is 0 Å². The van der Waals surface area contributed by atoms with Gasteiger partial charge in [0.15, 0.2) is 31.5 Å². The Balaban J connectivity index is -0.000000109. The fourth-order valence-electron chi connectivity index (χ4n) is 6.41. The van der Waals surface area contributed by atoms with Crippen molar-refractivity contribution in [2.24, 2.45) is 10.6 Å². The summed E-state index contributed by atoms with van der Waals surface area (Å²) in [5, 5.41) is 3.64. The quantitative estimate of drug-likeness (QED) is 0.144. The molecule has 0 aromatic heterocycles. The van der Waals surface area contributed by atoms with Gasteiger partial charge in [0.1, 0.15) is 0 Å². The summed E-state index contributed by atoms with van der Waals surface area (Å²) < 4.78 is 62.8. The lowest BCUT2D eigenvalue weighted by Gasteiger charge is -2.32. The molecule has 2 unspecified atom stereocenters. The van der Waals surface area contributed by atoms with Crippen molar-refractivity contribution in [3.8, 4) is 0 Å². The van der Waals surface area contributed by atoms with E-state index in [4.69, 9.17) is 61.7 Å². The molecule has 0 spiro atoms. The molecule has 0 radical (unpaired) electrons. The zero-order chi connectivity index (χ0) is 57.1. The number of amides is 2. The van der Waals surface area contributed by atoms with E-state index in [1.165, 1.54) is 53.6 Å². The minimum atomic E-state index is -0.505. The first-order valence-corrected chi connectivity index (χ1v) is 32.7. The first-order valence-electron chi connectivity index (χ1n) is 27.5. The van der Waals surface area contributed by atoms with Gasteiger partial charge in [-0.2, -0.15) is 0 Å². The minimum absolute atomic E-state index is 0. The number of hydrogen-bond acceptors (Lipinski definition) is 22. The summed E-state index contributed by atoms with van der Waals surface area (Å²) in [6, 6.07) is 0. The van der Waals surface area contributed by atoms with Crippen LogP contribution in [-0.4, -0.2) is 196 Å². The van der Waals surface area contributed by atoms with E-state index in [1.54, 1.807) is 6.92 Å². The average Bonchev–Trinajstić information content (AvgIpc) is 4.24. The largest absolute Gasteiger partial charge is 0.463 e. The van der Waals surface area contributed by atoms with E-state index in [0.717, 1.165) is 93.6 Å². The molecule has 86 heavy (non-hydrogen) atoms. The Labute approximate surface area is 551 Å². The van der Waals surface area contributed by atoms with Gasteiger partial charge in [0.05, 0.1) is 70.6 Å². The van der Waals surface area contributed by atoms with Gasteiger partial charge in [-0.15, -0.1) is 58.8 Å². The van der Waals surface area contributed by atoms with Crippen molar-refractivity contribution >= 4 is 82.3 Å². The zero-order valence-electron chi connectivity index (χ0n) is 49.0. The molecule has 0 saturated carbocycles. The molecule has 0 N–H and O–H groups in total. The standard InChI is InChI=1S/C7H11NO3.C7H14O2.C6H12O2.C6H10O2.C5H7NO2.C5H10O2.C5H10OS.C5H10S2.C4H8O2.C4H8S2.9CH4/c1-3-10-7(9)6-4-5(2)8-11-6;1-6-8-4-7(2,3)5-9-6;2*1-6-7-4-2-3-5-8-6;1-6-4(7)2-3-5(6)8;3*1-5-6-3-2-4-7-5;2*1-4-5-2-3-6-4;;;;;;;;;/h6H,3-4H2,1-2H3;6H,4-5H2,1-3H3;6H,2-5H2,1H3;2-3,6H,4-5H2,1H3;2-3H2,1H3;3*5H,2-4H2,1H3;2*4H,2-3H2,1H3;9*1H4. The third-order valence-corrected chi connectivity index (χ3v) is 17.7. The number of ether oxygens (including phenoxy) is 12. The molecular weight excluding hydrogens is 1200 g/mol. The molecular formula is C63H136N2O16S5. The number of carbonyl (C=O) groups excluding carboxylic acids is 3. The van der Waals surface area contributed by atoms with Gasteiger partial charge in [-0.3, -0.25) is 14.5 Å². The zero-order valence-corrected chi connectivity index (χ0v) is 53.1. The second-order valence-electron chi connectivity index (χ2n) is 18.9. The van der Waals surface area contributed by atoms with E-state index >= 15 is 0 Å². The van der Waals surface area contributed by atoms with Gasteiger partial charge in [-0.1, -0.05) is 98.0 Å². The number of likely N-dealkylation sites (tertiary alicyclic amines) is 1. The minimum Gasteiger partial charge on any atom is -0.463 e. The second-order valence-corrected chi connectivity index (χ2v) is 26.7. The maximum absolute atomic E-state index is 11.0. The number of thioether (sulfide) groups is 5. The summed E-state index contributed by atoms with van der Waals surface area (Å²) in [5.74, 6) is 6.33. The Hall–Kier alpha value is -0.870. The molecule has 0 aromatic rings. The number of rotatable bonds is 2. The summed E-state index contributed by atoms with van der Waals surface area (Å²) >= 11 is 10.2. The summed E-state index contributed by atoms with van der Waals surface area (Å²) in [5.41, 5.74) is 1.50. The van der Waals surface area contributed by atoms with Gasteiger partial charge in [0, 0.05) is 72.2 Å². The van der Waals surface area contributed by atoms with Crippen molar-refractivity contribution < 1.29 is 76.1 Å². The second kappa shape index (κ2) is 67.0. The highest BCUT2D eigenvalue weighted by Crippen LogP contribution is 2.31. The van der Waals surface area contributed by atoms with Crippen LogP contribution in [0.4, 0.5) is 0 Å². The van der Waals surface area contributed by atoms with Crippen LogP contribution in [0.1, 0.15) is 201 Å². The Kier molecular flexibility index (Phi) is 81.0. The number of carbonyl (C=O) groups is 3. The predicted molar refractivity (Wildman–Crippen MR) is 376 cm³/mol. The van der Waals surface area contributed by atoms with E-state index in [1.807, 2.05) is 65.5 Å². The van der Waals surface area contributed by atoms with Crippen LogP contribution in [0.15, 0.2) is 17.3 Å². The highest BCUT2D eigenvalue weighted by molar-refractivity contribution is 8.20. The van der Waals surface area contributed by atoms with Crippen molar-refractivity contribution in [2.75, 3.05) is 115 Å². The number of imide groups is 1. The SMILES string of the molecule is C.C.C.C.C.C.C.C.C.CC1OCC(C)(C)CO1.CC1OCC=CCO1.CC1OCCCCO1.CC1OCCCO1.CC1OCCCS1.CC1OCCO1.CC1SCCCS1.CC1SCCS1.CCOC(=O)C1CC(C)=NO1.CN1C(=O)CCC1=O. The Morgan fingerprint density at radius 3 is 1.15 bits per heavy atom. The van der Waals surface area contributed by atoms with E-state index in [2.05, 4.69) is 86.8 Å². The molecule has 23 heteroatoms. The number of nitrogens with zero attached hydrogens (tertiary/aromatic N) is 2. The van der Waals surface area contributed by atoms with Crippen molar-refractivity contribution in [3.63, 3.8) is 0 Å². The molecule has 8 fully saturated rings. The Morgan fingerprint density at radius 2 is 0.895 bits per heavy atom. The highest BCUT2D eigenvalue weighted by atomic mass is 32.2. The molecule has 524 valence electrons. The van der Waals surface area contributed by atoms with E-state index in [0.29, 0.717) is 44.5 Å². The van der Waals surface area contributed by atoms with Crippen LogP contribution >= 0.6 is 58.8 Å². The van der Waals surface area contributed by atoms with Gasteiger partial charge < -0.3 is 61.7 Å². The monoisotopic (exact) mass is 1340 g/mol. The lowest BCUT2D eigenvalue weighted by molar-refractivity contribution is -0.212. The van der Waals surface area contributed by atoms with Crippen LogP contribution in [0.3, 0.4) is 0 Å². The smallest absolute Gasteiger partial charge is 0.350 e. The Morgan fingerprint density at radius 1 is 0.523 bits per heavy atom. The van der Waals surface area contributed by atoms with Crippen LogP contribution in [0, 0.1) is 5.41 Å². The van der Waals surface area contributed by atoms with Crippen molar-refractivity contribution in [1.82, 2.24) is 4.90 Å². The predicted octanol–water partition coefficient (Wildman–Crippen LogP) is 16.4. The van der Waals surface area contributed by atoms with Crippen LogP contribution < -0.4 is 0 Å². The van der Waals surface area contributed by atoms with Crippen molar-refractivity contribution in [2.45, 2.75) is 253 Å². The first kappa shape index (κ1) is 104. The molecule has 0 aromatic carbocycles. The molecule has 10 heterocycles. The third-order valence-electron chi connectivity index (χ3n) is 10.9. The van der Waals surface area contributed by atoms with Crippen LogP contribution in [0.5, 0.6) is 0 Å². The lowest BCUT2D eigenvalue weighted by Crippen LogP contribution is -2.36. The molecule has 10 aliphatic heterocycles. The van der Waals surface area contributed by atoms with Gasteiger partial charge in [-0.25, -0.2) is 4.79 Å². The summed E-state index contributed by atoms with van der Waals surface area (Å²) in [6.07, 6.45) is 10.8. The van der Waals surface area contributed by atoms with Gasteiger partial charge in [0.2, 0.25) is 17.9 Å². The fraction of sp³-hybridized carbons (Fsp3) is 0.905. The number of esters is 1. The number of hydrogen-bond donors (Lipinski definition) is 0. The summed E-state index contributed by atoms with van der Waals surface area (Å²) in [7, 11) is 1.51. The van der Waals surface area contributed by atoms with E-state index in [9.17, 15) is 14.4 Å². The first-order chi connectivity index (χ1) is 36.8. The molecule has 10 rings (SSSR count). The van der Waals surface area contributed by atoms with Crippen LogP contribution in [0.25, 0.3) is 0 Å². The molecule has 0 aliphatic carbocycles. The Bertz CT molecular complexity index is 1440. The topological polar surface area (TPSA) is 187 Å². The summed E-state index contributed by atoms with van der Waals surface area (Å²) in [6.45, 7) is 33.4. The van der Waals surface area contributed by atoms with E-state index < -0.39 is 6.10 Å². The number of oxime groups is 1. The van der Waals surface area contributed by atoms with Gasteiger partial charge >= 0.3 is 5.97 Å². The normalized spacial score (nSPS) is 22.6. The van der Waals surface area contributed by atoms with E-state index in [-0.39, 0.29) is 121 Å². The lowest BCUT2D eigenvalue weighted by atomic mass is 9.96. The molecule has 2 atom stereocenters. The molecule has 2 amide bonds. The molecule has 0 bridgehead atoms. The maximum atomic E-state index is 11.0. The van der Waals surface area contributed by atoms with Gasteiger partial charge in [0.25, 0.3) is 0 Å². The molecule has 10 aliphatic rings. The average molecular weight is 1340 g/mol. The summed E-state index contributed by atoms with van der Waals surface area (Å²) in [4.78, 5) is 37.9. The van der Waals surface area contributed by atoms with Crippen LogP contribution in [-0.2, 0) is 76.1 Å². The van der Waals surface area contributed by atoms with Gasteiger partial charge in [-0.05, 0) is 119 Å². The molecule has 8 saturated heterocycles. The molecule has 18 nitrogen and oxygen atoms in total. The third kappa shape index (κ3) is 60.7. The fourth-order valence-corrected chi connectivity index (χ4v) is 12.0. The highest BCUT2D eigenvalue weighted by Gasteiger charge is 2.28.